The van der Waals surface area contributed by atoms with Gasteiger partial charge in [-0.15, -0.1) is 0 Å². The fraction of sp³-hybridized carbons (Fsp3) is 0.125. The van der Waals surface area contributed by atoms with Crippen molar-refractivity contribution in [1.82, 2.24) is 4.90 Å². The number of nitrogens with zero attached hydrogens (tertiary/aromatic N) is 2. The largest absolute Gasteiger partial charge is 0.467 e. The number of rotatable bonds is 3. The number of amides is 2. The van der Waals surface area contributed by atoms with Gasteiger partial charge in [-0.2, -0.15) is 0 Å². The van der Waals surface area contributed by atoms with E-state index in [0.717, 1.165) is 10.7 Å². The molecule has 1 N–H and O–H groups in total. The molecule has 1 aromatic carbocycles. The summed E-state index contributed by atoms with van der Waals surface area (Å²) in [5, 5.41) is 3.98. The first kappa shape index (κ1) is 15.7. The maximum atomic E-state index is 12.5. The van der Waals surface area contributed by atoms with Crippen molar-refractivity contribution >= 4 is 40.2 Å². The Labute approximate surface area is 143 Å². The van der Waals surface area contributed by atoms with Gasteiger partial charge in [-0.05, 0) is 30.3 Å². The summed E-state index contributed by atoms with van der Waals surface area (Å²) < 4.78 is 5.25. The van der Waals surface area contributed by atoms with E-state index in [1.165, 1.54) is 11.8 Å². The molecule has 0 bridgehead atoms. The quantitative estimate of drug-likeness (QED) is 0.883. The lowest BCUT2D eigenvalue weighted by atomic mass is 10.3. The lowest BCUT2D eigenvalue weighted by Gasteiger charge is -2.16. The molecule has 0 saturated carbocycles. The highest BCUT2D eigenvalue weighted by atomic mass is 35.5. The zero-order valence-corrected chi connectivity index (χ0v) is 13.7. The molecule has 118 valence electrons. The Morgan fingerprint density at radius 3 is 3.04 bits per heavy atom. The monoisotopic (exact) mass is 347 g/mol. The van der Waals surface area contributed by atoms with E-state index in [2.05, 4.69) is 16.9 Å². The van der Waals surface area contributed by atoms with Crippen LogP contribution in [0.15, 0.2) is 63.6 Å². The van der Waals surface area contributed by atoms with Gasteiger partial charge in [0.05, 0.1) is 19.4 Å². The number of carbonyl (C=O) groups excluding carboxylic acids is 1. The molecule has 1 aliphatic rings. The van der Waals surface area contributed by atoms with Crippen LogP contribution in [-0.4, -0.2) is 22.6 Å². The standard InChI is InChI=1S/C16H14ClN3O2S/c1-11-10-20(15(21)19-13-5-2-4-12(17)8-13)16(23-11)18-9-14-6-3-7-22-14/h2-8H,1,9-10H2,(H,19,21). The molecule has 1 aliphatic heterocycles. The normalized spacial score (nSPS) is 16.1. The van der Waals surface area contributed by atoms with Crippen molar-refractivity contribution in [3.8, 4) is 0 Å². The highest BCUT2D eigenvalue weighted by Crippen LogP contribution is 2.29. The molecule has 1 saturated heterocycles. The number of nitrogens with one attached hydrogen (secondary N) is 1. The number of benzene rings is 1. The van der Waals surface area contributed by atoms with E-state index in [0.29, 0.717) is 29.0 Å². The molecule has 2 amide bonds. The maximum absolute atomic E-state index is 12.5. The molecule has 7 heteroatoms. The van der Waals surface area contributed by atoms with E-state index in [-0.39, 0.29) is 6.03 Å². The number of amidine groups is 1. The van der Waals surface area contributed by atoms with E-state index in [1.54, 1.807) is 41.5 Å². The third-order valence-electron chi connectivity index (χ3n) is 3.07. The van der Waals surface area contributed by atoms with Crippen molar-refractivity contribution in [1.29, 1.82) is 0 Å². The summed E-state index contributed by atoms with van der Waals surface area (Å²) in [5.41, 5.74) is 0.635. The van der Waals surface area contributed by atoms with Gasteiger partial charge in [-0.3, -0.25) is 9.89 Å². The zero-order chi connectivity index (χ0) is 16.2. The molecule has 0 unspecified atom stereocenters. The summed E-state index contributed by atoms with van der Waals surface area (Å²) >= 11 is 7.32. The lowest BCUT2D eigenvalue weighted by molar-refractivity contribution is 0.237. The van der Waals surface area contributed by atoms with E-state index in [9.17, 15) is 4.79 Å². The molecule has 3 rings (SSSR count). The molecule has 2 heterocycles. The highest BCUT2D eigenvalue weighted by molar-refractivity contribution is 8.17. The molecule has 2 aromatic rings. The molecule has 0 spiro atoms. The third kappa shape index (κ3) is 3.97. The molecule has 0 aliphatic carbocycles. The molecule has 0 atom stereocenters. The Balaban J connectivity index is 1.72. The predicted molar refractivity (Wildman–Crippen MR) is 93.8 cm³/mol. The summed E-state index contributed by atoms with van der Waals surface area (Å²) in [6.07, 6.45) is 1.60. The minimum absolute atomic E-state index is 0.267. The van der Waals surface area contributed by atoms with Crippen LogP contribution in [-0.2, 0) is 6.54 Å². The number of hydrogen-bond acceptors (Lipinski definition) is 4. The van der Waals surface area contributed by atoms with Crippen LogP contribution < -0.4 is 5.32 Å². The third-order valence-corrected chi connectivity index (χ3v) is 4.26. The minimum atomic E-state index is -0.267. The van der Waals surface area contributed by atoms with Gasteiger partial charge < -0.3 is 9.73 Å². The van der Waals surface area contributed by atoms with Crippen molar-refractivity contribution in [2.75, 3.05) is 11.9 Å². The van der Waals surface area contributed by atoms with Gasteiger partial charge in [0.15, 0.2) is 5.17 Å². The number of hydrogen-bond donors (Lipinski definition) is 1. The zero-order valence-electron chi connectivity index (χ0n) is 12.2. The fourth-order valence-electron chi connectivity index (χ4n) is 2.04. The Kier molecular flexibility index (Phi) is 4.73. The van der Waals surface area contributed by atoms with Crippen LogP contribution in [0.5, 0.6) is 0 Å². The number of halogens is 1. The van der Waals surface area contributed by atoms with Gasteiger partial charge >= 0.3 is 6.03 Å². The van der Waals surface area contributed by atoms with Crippen molar-refractivity contribution in [2.45, 2.75) is 6.54 Å². The SMILES string of the molecule is C=C1CN(C(=O)Nc2cccc(Cl)c2)C(=NCc2ccco2)S1. The number of furan rings is 1. The van der Waals surface area contributed by atoms with Crippen LogP contribution in [0.4, 0.5) is 10.5 Å². The van der Waals surface area contributed by atoms with Crippen LogP contribution >= 0.6 is 23.4 Å². The molecule has 23 heavy (non-hydrogen) atoms. The second kappa shape index (κ2) is 6.93. The van der Waals surface area contributed by atoms with Crippen molar-refractivity contribution in [2.24, 2.45) is 4.99 Å². The number of carbonyl (C=O) groups is 1. The van der Waals surface area contributed by atoms with Crippen LogP contribution in [0.1, 0.15) is 5.76 Å². The highest BCUT2D eigenvalue weighted by Gasteiger charge is 2.28. The topological polar surface area (TPSA) is 57.8 Å². The van der Waals surface area contributed by atoms with Gasteiger partial charge in [-0.1, -0.05) is 36.0 Å². The van der Waals surface area contributed by atoms with Crippen LogP contribution in [0.25, 0.3) is 0 Å². The predicted octanol–water partition coefficient (Wildman–Crippen LogP) is 4.58. The minimum Gasteiger partial charge on any atom is -0.467 e. The average molecular weight is 348 g/mol. The van der Waals surface area contributed by atoms with E-state index < -0.39 is 0 Å². The smallest absolute Gasteiger partial charge is 0.328 e. The molecule has 1 fully saturated rings. The summed E-state index contributed by atoms with van der Waals surface area (Å²) in [6.45, 7) is 4.72. The van der Waals surface area contributed by atoms with E-state index in [4.69, 9.17) is 16.0 Å². The van der Waals surface area contributed by atoms with Gasteiger partial charge in [0.1, 0.15) is 5.76 Å². The first-order valence-electron chi connectivity index (χ1n) is 6.88. The van der Waals surface area contributed by atoms with E-state index in [1.807, 2.05) is 6.07 Å². The van der Waals surface area contributed by atoms with Gasteiger partial charge in [0, 0.05) is 15.6 Å². The Morgan fingerprint density at radius 1 is 1.43 bits per heavy atom. The molecule has 1 aromatic heterocycles. The van der Waals surface area contributed by atoms with Crippen molar-refractivity contribution in [3.05, 3.63) is 64.9 Å². The summed E-state index contributed by atoms with van der Waals surface area (Å²) in [4.78, 5) is 19.3. The number of thioether (sulfide) groups is 1. The first-order chi connectivity index (χ1) is 11.1. The number of anilines is 1. The molecule has 0 radical (unpaired) electrons. The van der Waals surface area contributed by atoms with Crippen molar-refractivity contribution < 1.29 is 9.21 Å². The summed E-state index contributed by atoms with van der Waals surface area (Å²) in [5.74, 6) is 0.741. The van der Waals surface area contributed by atoms with Crippen LogP contribution in [0.2, 0.25) is 5.02 Å². The second-order valence-corrected chi connectivity index (χ2v) is 6.43. The lowest BCUT2D eigenvalue weighted by Crippen LogP contribution is -2.35. The molecular weight excluding hydrogens is 334 g/mol. The molecule has 5 nitrogen and oxygen atoms in total. The van der Waals surface area contributed by atoms with E-state index >= 15 is 0 Å². The van der Waals surface area contributed by atoms with Crippen LogP contribution in [0.3, 0.4) is 0 Å². The van der Waals surface area contributed by atoms with Crippen LogP contribution in [0, 0.1) is 0 Å². The molecular formula is C16H14ClN3O2S. The first-order valence-corrected chi connectivity index (χ1v) is 8.08. The maximum Gasteiger partial charge on any atom is 0.328 e. The fourth-order valence-corrected chi connectivity index (χ4v) is 3.07. The van der Waals surface area contributed by atoms with Gasteiger partial charge in [-0.25, -0.2) is 4.79 Å². The Hall–Kier alpha value is -2.18. The average Bonchev–Trinajstić information content (AvgIpc) is 3.14. The van der Waals surface area contributed by atoms with Gasteiger partial charge in [0.2, 0.25) is 0 Å². The second-order valence-electron chi connectivity index (χ2n) is 4.85. The summed E-state index contributed by atoms with van der Waals surface area (Å²) in [7, 11) is 0. The number of urea groups is 1. The Bertz CT molecular complexity index is 758. The van der Waals surface area contributed by atoms with Crippen molar-refractivity contribution in [3.63, 3.8) is 0 Å². The summed E-state index contributed by atoms with van der Waals surface area (Å²) in [6, 6.07) is 10.4. The Morgan fingerprint density at radius 2 is 2.30 bits per heavy atom. The van der Waals surface area contributed by atoms with Gasteiger partial charge in [0.25, 0.3) is 0 Å². The number of aliphatic imine (C=N–C) groups is 1.